The molecule has 0 aliphatic heterocycles. The number of carbonyl (C=O) groups excluding carboxylic acids is 7. The van der Waals surface area contributed by atoms with Gasteiger partial charge in [0.05, 0.1) is 43.8 Å². The largest absolute Gasteiger partial charge is 0.480 e. The third-order valence-electron chi connectivity index (χ3n) is 7.96. The maximum atomic E-state index is 13.6. The van der Waals surface area contributed by atoms with Crippen LogP contribution in [0, 0.1) is 5.92 Å². The molecule has 0 fully saturated rings. The third kappa shape index (κ3) is 17.2. The Morgan fingerprint density at radius 1 is 0.745 bits per heavy atom. The number of aliphatic hydroxyl groups is 3. The summed E-state index contributed by atoms with van der Waals surface area (Å²) in [5, 5.41) is 52.5. The molecule has 0 aliphatic carbocycles. The molecule has 1 aromatic heterocycles. The number of aromatic amines is 1. The van der Waals surface area contributed by atoms with Crippen molar-refractivity contribution in [2.45, 2.75) is 108 Å². The molecule has 7 amide bonds. The highest BCUT2D eigenvalue weighted by atomic mass is 16.4. The van der Waals surface area contributed by atoms with E-state index in [1.807, 2.05) is 0 Å². The number of hydrogen-bond donors (Lipinski definition) is 14. The number of nitrogens with two attached hydrogens (primary N) is 3. The van der Waals surface area contributed by atoms with E-state index < -0.39 is 115 Å². The maximum absolute atomic E-state index is 13.6. The number of aliphatic hydroxyl groups excluding tert-OH is 3. The Balaban J connectivity index is 3.18. The van der Waals surface area contributed by atoms with Crippen LogP contribution in [0.1, 0.15) is 58.6 Å². The number of aromatic nitrogens is 2. The lowest BCUT2D eigenvalue weighted by Crippen LogP contribution is -2.61. The average molecular weight is 786 g/mol. The van der Waals surface area contributed by atoms with E-state index in [0.29, 0.717) is 19.4 Å². The van der Waals surface area contributed by atoms with Crippen molar-refractivity contribution in [2.24, 2.45) is 23.1 Å². The third-order valence-corrected chi connectivity index (χ3v) is 7.96. The van der Waals surface area contributed by atoms with E-state index in [0.717, 1.165) is 6.92 Å². The second kappa shape index (κ2) is 24.2. The monoisotopic (exact) mass is 785 g/mol. The Kier molecular flexibility index (Phi) is 21.1. The molecule has 0 unspecified atom stereocenters. The van der Waals surface area contributed by atoms with Crippen molar-refractivity contribution in [1.82, 2.24) is 41.9 Å². The van der Waals surface area contributed by atoms with Gasteiger partial charge >= 0.3 is 5.97 Å². The van der Waals surface area contributed by atoms with E-state index in [4.69, 9.17) is 17.2 Å². The predicted octanol–water partition coefficient (Wildman–Crippen LogP) is -6.31. The minimum atomic E-state index is -1.77. The Bertz CT molecular complexity index is 1440. The van der Waals surface area contributed by atoms with Crippen LogP contribution in [0.4, 0.5) is 0 Å². The molecule has 0 bridgehead atoms. The van der Waals surface area contributed by atoms with Gasteiger partial charge in [-0.1, -0.05) is 20.3 Å². The number of nitrogens with zero attached hydrogens (tertiary/aromatic N) is 1. The van der Waals surface area contributed by atoms with Gasteiger partial charge in [-0.05, 0) is 38.6 Å². The van der Waals surface area contributed by atoms with Crippen LogP contribution in [-0.4, -0.2) is 146 Å². The van der Waals surface area contributed by atoms with Crippen LogP contribution in [0.3, 0.4) is 0 Å². The number of rotatable bonds is 26. The summed E-state index contributed by atoms with van der Waals surface area (Å²) in [5.41, 5.74) is 16.9. The topological polar surface area (TPSA) is 396 Å². The Hall–Kier alpha value is -5.23. The summed E-state index contributed by atoms with van der Waals surface area (Å²) in [6, 6.07) is -10.8. The van der Waals surface area contributed by atoms with Gasteiger partial charge in [-0.25, -0.2) is 9.78 Å². The minimum Gasteiger partial charge on any atom is -0.480 e. The normalized spacial score (nSPS) is 15.5. The zero-order valence-electron chi connectivity index (χ0n) is 30.9. The predicted molar refractivity (Wildman–Crippen MR) is 192 cm³/mol. The molecule has 1 heterocycles. The Morgan fingerprint density at radius 3 is 1.71 bits per heavy atom. The summed E-state index contributed by atoms with van der Waals surface area (Å²) in [6.07, 6.45) is 1.49. The highest BCUT2D eigenvalue weighted by Crippen LogP contribution is 2.09. The molecule has 8 atom stereocenters. The number of hydrogen-bond acceptors (Lipinski definition) is 14. The fourth-order valence-electron chi connectivity index (χ4n) is 4.97. The number of imidazole rings is 1. The number of unbranched alkanes of at least 4 members (excludes halogenated alkanes) is 1. The Labute approximate surface area is 316 Å². The number of H-pyrrole nitrogens is 1. The number of primary amides is 1. The van der Waals surface area contributed by atoms with Crippen molar-refractivity contribution < 1.29 is 58.8 Å². The summed E-state index contributed by atoms with van der Waals surface area (Å²) in [4.78, 5) is 109. The smallest absolute Gasteiger partial charge is 0.328 e. The summed E-state index contributed by atoms with van der Waals surface area (Å²) >= 11 is 0. The van der Waals surface area contributed by atoms with Gasteiger partial charge in [0.15, 0.2) is 6.04 Å². The number of carbonyl (C=O) groups is 8. The van der Waals surface area contributed by atoms with Gasteiger partial charge in [-0.15, -0.1) is 0 Å². The van der Waals surface area contributed by atoms with Crippen molar-refractivity contribution in [1.29, 1.82) is 0 Å². The zero-order chi connectivity index (χ0) is 41.8. The Morgan fingerprint density at radius 2 is 1.24 bits per heavy atom. The van der Waals surface area contributed by atoms with Gasteiger partial charge in [0.1, 0.15) is 30.2 Å². The molecule has 0 spiro atoms. The van der Waals surface area contributed by atoms with E-state index in [9.17, 15) is 58.8 Å². The van der Waals surface area contributed by atoms with E-state index in [1.54, 1.807) is 13.8 Å². The quantitative estimate of drug-likeness (QED) is 0.0389. The van der Waals surface area contributed by atoms with Crippen molar-refractivity contribution in [3.63, 3.8) is 0 Å². The van der Waals surface area contributed by atoms with Crippen LogP contribution in [0.5, 0.6) is 0 Å². The SMILES string of the molecule is CC(C)C[C@H](NC(=O)[C@H](CC(N)=O)NC(=O)[C@H](CO)NC(=O)[C@H](CO)NC(=O)[C@@H](N)CCCCN)C(=O)N[C@@H](Cc1c[nH]cn1)C(=O)N[C@H](C(=O)O)[C@@H](C)O. The minimum absolute atomic E-state index is 0.0444. The highest BCUT2D eigenvalue weighted by molar-refractivity contribution is 5.98. The summed E-state index contributed by atoms with van der Waals surface area (Å²) < 4.78 is 0. The van der Waals surface area contributed by atoms with E-state index in [1.165, 1.54) is 12.5 Å². The molecule has 1 aromatic rings. The van der Waals surface area contributed by atoms with Gasteiger partial charge < -0.3 is 74.5 Å². The molecule has 23 heteroatoms. The molecule has 0 radical (unpaired) electrons. The first-order chi connectivity index (χ1) is 25.8. The molecular weight excluding hydrogens is 730 g/mol. The van der Waals surface area contributed by atoms with Crippen LogP contribution in [0.15, 0.2) is 12.5 Å². The second-order valence-electron chi connectivity index (χ2n) is 13.2. The van der Waals surface area contributed by atoms with Gasteiger partial charge in [0.25, 0.3) is 0 Å². The second-order valence-corrected chi connectivity index (χ2v) is 13.2. The molecule has 0 aliphatic rings. The molecule has 23 nitrogen and oxygen atoms in total. The lowest BCUT2D eigenvalue weighted by Gasteiger charge is -2.27. The summed E-state index contributed by atoms with van der Waals surface area (Å²) in [6.45, 7) is 2.98. The lowest BCUT2D eigenvalue weighted by atomic mass is 10.0. The van der Waals surface area contributed by atoms with E-state index in [2.05, 4.69) is 41.9 Å². The maximum Gasteiger partial charge on any atom is 0.328 e. The highest BCUT2D eigenvalue weighted by Gasteiger charge is 2.35. The number of amides is 7. The number of carboxylic acids is 1. The first-order valence-electron chi connectivity index (χ1n) is 17.5. The first-order valence-corrected chi connectivity index (χ1v) is 17.5. The number of carboxylic acid groups (broad SMARTS) is 1. The lowest BCUT2D eigenvalue weighted by molar-refractivity contribution is -0.145. The van der Waals surface area contributed by atoms with Crippen LogP contribution in [0.2, 0.25) is 0 Å². The summed E-state index contributed by atoms with van der Waals surface area (Å²) in [5.74, 6) is -8.96. The van der Waals surface area contributed by atoms with Crippen molar-refractivity contribution in [3.05, 3.63) is 18.2 Å². The zero-order valence-corrected chi connectivity index (χ0v) is 30.9. The number of aliphatic carboxylic acids is 1. The fraction of sp³-hybridized carbons (Fsp3) is 0.656. The molecule has 0 aromatic carbocycles. The van der Waals surface area contributed by atoms with Crippen LogP contribution in [0.25, 0.3) is 0 Å². The molecular formula is C32H55N11O12. The van der Waals surface area contributed by atoms with Gasteiger partial charge in [0.2, 0.25) is 41.4 Å². The molecule has 17 N–H and O–H groups in total. The molecule has 55 heavy (non-hydrogen) atoms. The molecule has 0 saturated carbocycles. The van der Waals surface area contributed by atoms with Gasteiger partial charge in [-0.3, -0.25) is 33.6 Å². The molecule has 310 valence electrons. The average Bonchev–Trinajstić information content (AvgIpc) is 3.63. The first kappa shape index (κ1) is 47.8. The van der Waals surface area contributed by atoms with Crippen LogP contribution < -0.4 is 49.1 Å². The van der Waals surface area contributed by atoms with E-state index in [-0.39, 0.29) is 30.9 Å². The fourth-order valence-corrected chi connectivity index (χ4v) is 4.97. The van der Waals surface area contributed by atoms with Gasteiger partial charge in [-0.2, -0.15) is 0 Å². The molecule has 0 saturated heterocycles. The van der Waals surface area contributed by atoms with Crippen molar-refractivity contribution in [3.8, 4) is 0 Å². The summed E-state index contributed by atoms with van der Waals surface area (Å²) in [7, 11) is 0. The van der Waals surface area contributed by atoms with Crippen molar-refractivity contribution in [2.75, 3.05) is 19.8 Å². The van der Waals surface area contributed by atoms with Crippen LogP contribution in [-0.2, 0) is 44.8 Å². The molecule has 1 rings (SSSR count). The van der Waals surface area contributed by atoms with Crippen LogP contribution >= 0.6 is 0 Å². The standard InChI is InChI=1S/C32H55N11O12/c1-15(2)8-19(27(49)39-20(9-17-11-36-14-37-17)29(51)43-25(16(3)46)32(54)55)38-28(50)21(10-24(35)47)40-30(52)23(13-45)42-31(53)22(12-44)41-26(48)18(34)6-4-5-7-33/h11,14-16,18-23,25,44-46H,4-10,12-13,33-34H2,1-3H3,(H2,35,47)(H,36,37)(H,38,50)(H,39,49)(H,40,52)(H,41,48)(H,42,53)(H,43,51)(H,54,55)/t16-,18+,19+,20+,21+,22+,23+,25+/m1/s1. The van der Waals surface area contributed by atoms with E-state index >= 15 is 0 Å². The van der Waals surface area contributed by atoms with Crippen molar-refractivity contribution >= 4 is 47.3 Å². The number of nitrogens with one attached hydrogen (secondary N) is 7. The van der Waals surface area contributed by atoms with Gasteiger partial charge in [0, 0.05) is 12.6 Å².